The Bertz CT molecular complexity index is 1260. The van der Waals surface area contributed by atoms with Crippen LogP contribution in [0.4, 0.5) is 11.5 Å². The Morgan fingerprint density at radius 2 is 1.41 bits per heavy atom. The van der Waals surface area contributed by atoms with Gasteiger partial charge in [0.05, 0.1) is 0 Å². The zero-order valence-electron chi connectivity index (χ0n) is 20.5. The lowest BCUT2D eigenvalue weighted by Gasteiger charge is -2.24. The molecular formula is C31H33N3. The van der Waals surface area contributed by atoms with Gasteiger partial charge in [-0.2, -0.15) is 0 Å². The summed E-state index contributed by atoms with van der Waals surface area (Å²) in [7, 11) is 0. The fourth-order valence-electron chi connectivity index (χ4n) is 5.13. The second kappa shape index (κ2) is 9.08. The molecule has 0 amide bonds. The first-order valence-corrected chi connectivity index (χ1v) is 12.2. The smallest absolute Gasteiger partial charge is 0.140 e. The van der Waals surface area contributed by atoms with Crippen LogP contribution in [-0.4, -0.2) is 11.5 Å². The van der Waals surface area contributed by atoms with Crippen molar-refractivity contribution in [2.45, 2.75) is 45.2 Å². The number of rotatable bonds is 6. The minimum absolute atomic E-state index is 0.0891. The van der Waals surface area contributed by atoms with E-state index in [-0.39, 0.29) is 11.5 Å². The van der Waals surface area contributed by atoms with Crippen LogP contribution >= 0.6 is 0 Å². The van der Waals surface area contributed by atoms with Gasteiger partial charge in [-0.3, -0.25) is 0 Å². The van der Waals surface area contributed by atoms with Crippen molar-refractivity contribution in [3.05, 3.63) is 114 Å². The van der Waals surface area contributed by atoms with Crippen LogP contribution in [0.15, 0.2) is 97.2 Å². The lowest BCUT2D eigenvalue weighted by Crippen LogP contribution is -2.25. The molecule has 1 N–H and O–H groups in total. The van der Waals surface area contributed by atoms with E-state index in [1.807, 2.05) is 12.3 Å². The van der Waals surface area contributed by atoms with Crippen molar-refractivity contribution in [1.82, 2.24) is 10.3 Å². The number of aromatic nitrogens is 1. The highest BCUT2D eigenvalue weighted by Gasteiger charge is 2.36. The molecule has 4 aromatic rings. The van der Waals surface area contributed by atoms with Crippen LogP contribution in [0, 0.1) is 0 Å². The summed E-state index contributed by atoms with van der Waals surface area (Å²) in [4.78, 5) is 7.22. The Kier molecular flexibility index (Phi) is 5.97. The Balaban J connectivity index is 1.40. The molecule has 3 nitrogen and oxygen atoms in total. The summed E-state index contributed by atoms with van der Waals surface area (Å²) in [5, 5.41) is 3.73. The molecule has 0 radical (unpaired) electrons. The number of benzene rings is 3. The van der Waals surface area contributed by atoms with Gasteiger partial charge in [0, 0.05) is 41.5 Å². The van der Waals surface area contributed by atoms with Gasteiger partial charge in [0.15, 0.2) is 0 Å². The summed E-state index contributed by atoms with van der Waals surface area (Å²) in [5.74, 6) is 1.03. The molecule has 0 aliphatic carbocycles. The van der Waals surface area contributed by atoms with Crippen molar-refractivity contribution >= 4 is 11.5 Å². The highest BCUT2D eigenvalue weighted by molar-refractivity contribution is 5.82. The zero-order chi connectivity index (χ0) is 23.7. The topological polar surface area (TPSA) is 28.2 Å². The first-order chi connectivity index (χ1) is 16.4. The van der Waals surface area contributed by atoms with E-state index in [2.05, 4.69) is 123 Å². The fraction of sp³-hybridized carbons (Fsp3) is 0.258. The minimum atomic E-state index is 0.0891. The van der Waals surface area contributed by atoms with Gasteiger partial charge in [-0.15, -0.1) is 0 Å². The maximum Gasteiger partial charge on any atom is 0.140 e. The fourth-order valence-corrected chi connectivity index (χ4v) is 5.13. The predicted molar refractivity (Wildman–Crippen MR) is 143 cm³/mol. The third-order valence-electron chi connectivity index (χ3n) is 7.04. The second-order valence-electron chi connectivity index (χ2n) is 10.0. The molecular weight excluding hydrogens is 414 g/mol. The van der Waals surface area contributed by atoms with Crippen LogP contribution in [0.2, 0.25) is 0 Å². The Morgan fingerprint density at radius 1 is 0.765 bits per heavy atom. The van der Waals surface area contributed by atoms with Gasteiger partial charge in [-0.1, -0.05) is 86.6 Å². The molecule has 3 heteroatoms. The highest BCUT2D eigenvalue weighted by Crippen LogP contribution is 2.45. The van der Waals surface area contributed by atoms with Gasteiger partial charge in [-0.25, -0.2) is 4.98 Å². The largest absolute Gasteiger partial charge is 0.325 e. The SMILES string of the molecule is CC(N[C@H](C)c1ccccc1)c1ccc(-c2cccnc2N2CC(C)(C)c3ccccc32)cc1. The van der Waals surface area contributed by atoms with E-state index in [0.29, 0.717) is 6.04 Å². The van der Waals surface area contributed by atoms with Gasteiger partial charge in [0.25, 0.3) is 0 Å². The van der Waals surface area contributed by atoms with Gasteiger partial charge in [-0.05, 0) is 54.3 Å². The Morgan fingerprint density at radius 3 is 2.15 bits per heavy atom. The lowest BCUT2D eigenvalue weighted by atomic mass is 9.87. The third-order valence-corrected chi connectivity index (χ3v) is 7.04. The molecule has 0 saturated carbocycles. The highest BCUT2D eigenvalue weighted by atomic mass is 15.2. The van der Waals surface area contributed by atoms with Crippen LogP contribution in [0.1, 0.15) is 56.5 Å². The Hall–Kier alpha value is -3.43. The molecule has 0 fully saturated rings. The number of pyridine rings is 1. The minimum Gasteiger partial charge on any atom is -0.325 e. The van der Waals surface area contributed by atoms with E-state index < -0.39 is 0 Å². The van der Waals surface area contributed by atoms with Gasteiger partial charge in [0.2, 0.25) is 0 Å². The first-order valence-electron chi connectivity index (χ1n) is 12.2. The molecule has 1 unspecified atom stereocenters. The van der Waals surface area contributed by atoms with Gasteiger partial charge in [0.1, 0.15) is 5.82 Å². The average molecular weight is 448 g/mol. The summed E-state index contributed by atoms with van der Waals surface area (Å²) in [6.45, 7) is 10.00. The van der Waals surface area contributed by atoms with E-state index in [1.165, 1.54) is 33.5 Å². The first kappa shape index (κ1) is 22.4. The van der Waals surface area contributed by atoms with Crippen molar-refractivity contribution in [2.75, 3.05) is 11.4 Å². The van der Waals surface area contributed by atoms with Gasteiger partial charge < -0.3 is 10.2 Å². The van der Waals surface area contributed by atoms with E-state index in [0.717, 1.165) is 12.4 Å². The van der Waals surface area contributed by atoms with Crippen molar-refractivity contribution in [1.29, 1.82) is 0 Å². The molecule has 2 heterocycles. The van der Waals surface area contributed by atoms with Crippen LogP contribution in [0.5, 0.6) is 0 Å². The van der Waals surface area contributed by atoms with Crippen molar-refractivity contribution in [2.24, 2.45) is 0 Å². The molecule has 3 aromatic carbocycles. The number of nitrogens with zero attached hydrogens (tertiary/aromatic N) is 2. The molecule has 34 heavy (non-hydrogen) atoms. The van der Waals surface area contributed by atoms with Crippen molar-refractivity contribution in [3.8, 4) is 11.1 Å². The number of anilines is 2. The quantitative estimate of drug-likeness (QED) is 0.330. The van der Waals surface area contributed by atoms with E-state index in [9.17, 15) is 0 Å². The summed E-state index contributed by atoms with van der Waals surface area (Å²) in [6.07, 6.45) is 1.90. The number of hydrogen-bond acceptors (Lipinski definition) is 3. The van der Waals surface area contributed by atoms with Crippen LogP contribution in [0.25, 0.3) is 11.1 Å². The molecule has 172 valence electrons. The van der Waals surface area contributed by atoms with Crippen molar-refractivity contribution < 1.29 is 0 Å². The second-order valence-corrected chi connectivity index (χ2v) is 10.0. The Labute approximate surface area is 203 Å². The summed E-state index contributed by atoms with van der Waals surface area (Å²) in [5.41, 5.74) is 7.68. The van der Waals surface area contributed by atoms with Crippen molar-refractivity contribution in [3.63, 3.8) is 0 Å². The molecule has 0 bridgehead atoms. The van der Waals surface area contributed by atoms with Crippen LogP contribution in [0.3, 0.4) is 0 Å². The number of para-hydroxylation sites is 1. The maximum absolute atomic E-state index is 4.85. The summed E-state index contributed by atoms with van der Waals surface area (Å²) >= 11 is 0. The molecule has 5 rings (SSSR count). The van der Waals surface area contributed by atoms with Gasteiger partial charge >= 0.3 is 0 Å². The van der Waals surface area contributed by atoms with Crippen LogP contribution in [-0.2, 0) is 5.41 Å². The van der Waals surface area contributed by atoms with E-state index in [4.69, 9.17) is 4.98 Å². The van der Waals surface area contributed by atoms with E-state index in [1.54, 1.807) is 0 Å². The lowest BCUT2D eigenvalue weighted by molar-refractivity contribution is 0.495. The summed E-state index contributed by atoms with van der Waals surface area (Å²) < 4.78 is 0. The summed E-state index contributed by atoms with van der Waals surface area (Å²) in [6, 6.07) is 33.0. The van der Waals surface area contributed by atoms with E-state index >= 15 is 0 Å². The molecule has 1 aliphatic rings. The monoisotopic (exact) mass is 447 g/mol. The molecule has 0 spiro atoms. The standard InChI is InChI=1S/C31H33N3/c1-22(24-11-6-5-7-12-24)33-23(2)25-16-18-26(19-17-25)27-13-10-20-32-30(27)34-21-31(3,4)28-14-8-9-15-29(28)34/h5-20,22-23,33H,21H2,1-4H3/t22-,23?/m1/s1. The number of fused-ring (bicyclic) bond motifs is 1. The predicted octanol–water partition coefficient (Wildman–Crippen LogP) is 7.59. The molecule has 1 aliphatic heterocycles. The number of nitrogens with one attached hydrogen (secondary N) is 1. The average Bonchev–Trinajstić information content (AvgIpc) is 3.15. The van der Waals surface area contributed by atoms with Crippen LogP contribution < -0.4 is 10.2 Å². The zero-order valence-corrected chi connectivity index (χ0v) is 20.5. The normalized spacial score (nSPS) is 16.2. The third kappa shape index (κ3) is 4.24. The maximum atomic E-state index is 4.85. The number of hydrogen-bond donors (Lipinski definition) is 1. The molecule has 1 aromatic heterocycles. The molecule has 2 atom stereocenters. The molecule has 0 saturated heterocycles.